The molecule has 0 bridgehead atoms. The topological polar surface area (TPSA) is 67.2 Å². The molecule has 1 aliphatic heterocycles. The number of anilines is 2. The van der Waals surface area contributed by atoms with Crippen molar-refractivity contribution in [2.24, 2.45) is 5.92 Å². The molecule has 0 spiro atoms. The lowest BCUT2D eigenvalue weighted by Crippen LogP contribution is -2.33. The molecule has 0 aliphatic carbocycles. The van der Waals surface area contributed by atoms with Crippen LogP contribution < -0.4 is 10.2 Å². The van der Waals surface area contributed by atoms with E-state index in [0.29, 0.717) is 30.2 Å². The smallest absolute Gasteiger partial charge is 0.239 e. The van der Waals surface area contributed by atoms with Crippen LogP contribution in [0.5, 0.6) is 0 Å². The van der Waals surface area contributed by atoms with Crippen molar-refractivity contribution < 1.29 is 14.0 Å². The number of hydrogen-bond donors (Lipinski definition) is 1. The molecule has 1 atom stereocenters. The van der Waals surface area contributed by atoms with Crippen molar-refractivity contribution in [1.82, 2.24) is 9.78 Å². The molecule has 1 aliphatic rings. The molecule has 2 amide bonds. The summed E-state index contributed by atoms with van der Waals surface area (Å²) < 4.78 is 15.6. The normalized spacial score (nSPS) is 16.3. The van der Waals surface area contributed by atoms with Gasteiger partial charge in [-0.05, 0) is 55.8 Å². The summed E-state index contributed by atoms with van der Waals surface area (Å²) in [5.41, 5.74) is 2.06. The maximum atomic E-state index is 13.2. The van der Waals surface area contributed by atoms with Gasteiger partial charge in [0.25, 0.3) is 0 Å². The molecular weight excluding hydrogens is 439 g/mol. The zero-order valence-corrected chi connectivity index (χ0v) is 17.2. The Kier molecular flexibility index (Phi) is 5.19. The van der Waals surface area contributed by atoms with Gasteiger partial charge in [0.15, 0.2) is 0 Å². The first kappa shape index (κ1) is 19.3. The standard InChI is InChI=1S/C21H18BrFN4O2/c1-13-11-19(27(25-13)16-7-5-15(23)6-8-16)24-20(28)18-9-10-26(21(18)29)17-4-2-3-14(22)12-17/h2-8,11-12,18H,9-10H2,1H3,(H,24,28). The maximum absolute atomic E-state index is 13.2. The summed E-state index contributed by atoms with van der Waals surface area (Å²) in [6.45, 7) is 2.27. The Balaban J connectivity index is 1.53. The lowest BCUT2D eigenvalue weighted by molar-refractivity contribution is -0.129. The van der Waals surface area contributed by atoms with E-state index in [2.05, 4.69) is 26.3 Å². The molecule has 4 rings (SSSR count). The number of rotatable bonds is 4. The van der Waals surface area contributed by atoms with Crippen LogP contribution in [-0.4, -0.2) is 28.1 Å². The maximum Gasteiger partial charge on any atom is 0.239 e. The minimum absolute atomic E-state index is 0.231. The molecular formula is C21H18BrFN4O2. The van der Waals surface area contributed by atoms with Gasteiger partial charge in [0.05, 0.1) is 11.4 Å². The molecule has 0 saturated carbocycles. The molecule has 3 aromatic rings. The Bertz CT molecular complexity index is 1080. The van der Waals surface area contributed by atoms with Gasteiger partial charge in [-0.2, -0.15) is 5.10 Å². The highest BCUT2D eigenvalue weighted by atomic mass is 79.9. The molecule has 1 saturated heterocycles. The summed E-state index contributed by atoms with van der Waals surface area (Å²) >= 11 is 3.40. The minimum atomic E-state index is -0.772. The van der Waals surface area contributed by atoms with E-state index < -0.39 is 5.92 Å². The van der Waals surface area contributed by atoms with Crippen LogP contribution in [0, 0.1) is 18.7 Å². The number of carbonyl (C=O) groups excluding carboxylic acids is 2. The van der Waals surface area contributed by atoms with Crippen molar-refractivity contribution in [2.45, 2.75) is 13.3 Å². The van der Waals surface area contributed by atoms with Crippen molar-refractivity contribution >= 4 is 39.2 Å². The fourth-order valence-corrected chi connectivity index (χ4v) is 3.79. The summed E-state index contributed by atoms with van der Waals surface area (Å²) in [5.74, 6) is -1.30. The summed E-state index contributed by atoms with van der Waals surface area (Å²) in [4.78, 5) is 27.3. The van der Waals surface area contributed by atoms with Crippen LogP contribution in [0.25, 0.3) is 5.69 Å². The highest BCUT2D eigenvalue weighted by Gasteiger charge is 2.38. The van der Waals surface area contributed by atoms with Crippen molar-refractivity contribution in [2.75, 3.05) is 16.8 Å². The first-order valence-electron chi connectivity index (χ1n) is 9.13. The van der Waals surface area contributed by atoms with E-state index in [9.17, 15) is 14.0 Å². The van der Waals surface area contributed by atoms with Gasteiger partial charge in [0.1, 0.15) is 17.6 Å². The fourth-order valence-electron chi connectivity index (χ4n) is 3.40. The molecule has 29 heavy (non-hydrogen) atoms. The first-order chi connectivity index (χ1) is 13.9. The van der Waals surface area contributed by atoms with Gasteiger partial charge in [-0.25, -0.2) is 9.07 Å². The number of benzene rings is 2. The summed E-state index contributed by atoms with van der Waals surface area (Å²) in [7, 11) is 0. The Morgan fingerprint density at radius 1 is 1.17 bits per heavy atom. The second kappa shape index (κ2) is 7.79. The predicted octanol–water partition coefficient (Wildman–Crippen LogP) is 4.07. The van der Waals surface area contributed by atoms with Gasteiger partial charge in [-0.3, -0.25) is 9.59 Å². The van der Waals surface area contributed by atoms with Gasteiger partial charge in [-0.1, -0.05) is 22.0 Å². The molecule has 1 unspecified atom stereocenters. The summed E-state index contributed by atoms with van der Waals surface area (Å²) in [6, 6.07) is 15.0. The van der Waals surface area contributed by atoms with Gasteiger partial charge in [-0.15, -0.1) is 0 Å². The average Bonchev–Trinajstić information content (AvgIpc) is 3.25. The van der Waals surface area contributed by atoms with Crippen LogP contribution in [0.15, 0.2) is 59.1 Å². The van der Waals surface area contributed by atoms with Crippen LogP contribution in [0.2, 0.25) is 0 Å². The van der Waals surface area contributed by atoms with Crippen molar-refractivity contribution in [1.29, 1.82) is 0 Å². The summed E-state index contributed by atoms with van der Waals surface area (Å²) in [5, 5.41) is 7.17. The zero-order valence-electron chi connectivity index (χ0n) is 15.6. The Morgan fingerprint density at radius 3 is 2.66 bits per heavy atom. The molecule has 0 radical (unpaired) electrons. The van der Waals surface area contributed by atoms with Crippen molar-refractivity contribution in [3.05, 3.63) is 70.6 Å². The number of hydrogen-bond acceptors (Lipinski definition) is 3. The Labute approximate surface area is 175 Å². The quantitative estimate of drug-likeness (QED) is 0.601. The van der Waals surface area contributed by atoms with Crippen LogP contribution in [-0.2, 0) is 9.59 Å². The van der Waals surface area contributed by atoms with Crippen LogP contribution in [0.3, 0.4) is 0 Å². The first-order valence-corrected chi connectivity index (χ1v) is 9.92. The van der Waals surface area contributed by atoms with Crippen molar-refractivity contribution in [3.63, 3.8) is 0 Å². The highest BCUT2D eigenvalue weighted by molar-refractivity contribution is 9.10. The molecule has 1 N–H and O–H groups in total. The Hall–Kier alpha value is -3.00. The lowest BCUT2D eigenvalue weighted by Gasteiger charge is -2.17. The number of aromatic nitrogens is 2. The number of amides is 2. The number of carbonyl (C=O) groups is 2. The zero-order chi connectivity index (χ0) is 20.5. The third-order valence-electron chi connectivity index (χ3n) is 4.80. The monoisotopic (exact) mass is 456 g/mol. The molecule has 1 fully saturated rings. The van der Waals surface area contributed by atoms with Crippen LogP contribution in [0.1, 0.15) is 12.1 Å². The lowest BCUT2D eigenvalue weighted by atomic mass is 10.1. The number of nitrogens with zero attached hydrogens (tertiary/aromatic N) is 3. The van der Waals surface area contributed by atoms with Gasteiger partial charge in [0, 0.05) is 22.8 Å². The molecule has 1 aromatic heterocycles. The largest absolute Gasteiger partial charge is 0.312 e. The van der Waals surface area contributed by atoms with E-state index in [1.54, 1.807) is 30.0 Å². The molecule has 6 nitrogen and oxygen atoms in total. The third kappa shape index (κ3) is 3.93. The fraction of sp³-hybridized carbons (Fsp3) is 0.190. The third-order valence-corrected chi connectivity index (χ3v) is 5.29. The van der Waals surface area contributed by atoms with E-state index in [0.717, 1.165) is 10.2 Å². The van der Waals surface area contributed by atoms with E-state index >= 15 is 0 Å². The minimum Gasteiger partial charge on any atom is -0.312 e. The SMILES string of the molecule is Cc1cc(NC(=O)C2CCN(c3cccc(Br)c3)C2=O)n(-c2ccc(F)cc2)n1. The molecule has 8 heteroatoms. The van der Waals surface area contributed by atoms with Crippen LogP contribution in [0.4, 0.5) is 15.9 Å². The van der Waals surface area contributed by atoms with Gasteiger partial charge in [0.2, 0.25) is 11.8 Å². The van der Waals surface area contributed by atoms with Crippen molar-refractivity contribution in [3.8, 4) is 5.69 Å². The number of nitrogens with one attached hydrogen (secondary N) is 1. The van der Waals surface area contributed by atoms with E-state index in [4.69, 9.17) is 0 Å². The second-order valence-corrected chi connectivity index (χ2v) is 7.78. The van der Waals surface area contributed by atoms with E-state index in [1.165, 1.54) is 16.8 Å². The second-order valence-electron chi connectivity index (χ2n) is 6.86. The average molecular weight is 457 g/mol. The van der Waals surface area contributed by atoms with E-state index in [1.807, 2.05) is 24.3 Å². The summed E-state index contributed by atoms with van der Waals surface area (Å²) in [6.07, 6.45) is 0.431. The highest BCUT2D eigenvalue weighted by Crippen LogP contribution is 2.28. The predicted molar refractivity (Wildman–Crippen MR) is 111 cm³/mol. The molecule has 2 heterocycles. The van der Waals surface area contributed by atoms with Gasteiger partial charge < -0.3 is 10.2 Å². The van der Waals surface area contributed by atoms with Gasteiger partial charge >= 0.3 is 0 Å². The van der Waals surface area contributed by atoms with Crippen LogP contribution >= 0.6 is 15.9 Å². The number of halogens is 2. The number of aryl methyl sites for hydroxylation is 1. The van der Waals surface area contributed by atoms with E-state index in [-0.39, 0.29) is 17.6 Å². The molecule has 2 aromatic carbocycles. The Morgan fingerprint density at radius 2 is 1.93 bits per heavy atom. The molecule has 148 valence electrons.